The lowest BCUT2D eigenvalue weighted by Gasteiger charge is -2.15. The number of anilines is 2. The van der Waals surface area contributed by atoms with Crippen molar-refractivity contribution in [2.24, 2.45) is 0 Å². The second kappa shape index (κ2) is 7.59. The molecular weight excluding hydrogens is 308 g/mol. The number of hydrogen-bond donors (Lipinski definition) is 2. The summed E-state index contributed by atoms with van der Waals surface area (Å²) < 4.78 is 15.8. The van der Waals surface area contributed by atoms with Crippen molar-refractivity contribution in [1.29, 1.82) is 0 Å². The molecule has 0 heterocycles. The van der Waals surface area contributed by atoms with Gasteiger partial charge in [0.05, 0.1) is 27.0 Å². The first kappa shape index (κ1) is 17.5. The fourth-order valence-electron chi connectivity index (χ4n) is 2.39. The Kier molecular flexibility index (Phi) is 5.52. The second-order valence-corrected chi connectivity index (χ2v) is 5.31. The minimum Gasteiger partial charge on any atom is -0.493 e. The van der Waals surface area contributed by atoms with E-state index in [2.05, 4.69) is 10.6 Å². The van der Waals surface area contributed by atoms with Gasteiger partial charge in [-0.05, 0) is 25.5 Å². The molecule has 2 amide bonds. The number of hydrogen-bond acceptors (Lipinski definition) is 4. The van der Waals surface area contributed by atoms with Gasteiger partial charge < -0.3 is 24.8 Å². The molecule has 0 saturated heterocycles. The largest absolute Gasteiger partial charge is 0.493 e. The van der Waals surface area contributed by atoms with Gasteiger partial charge in [0.1, 0.15) is 0 Å². The molecule has 0 spiro atoms. The van der Waals surface area contributed by atoms with Crippen LogP contribution in [-0.4, -0.2) is 27.4 Å². The zero-order chi connectivity index (χ0) is 17.7. The number of carbonyl (C=O) groups excluding carboxylic acids is 1. The molecule has 0 fully saturated rings. The summed E-state index contributed by atoms with van der Waals surface area (Å²) in [5, 5.41) is 5.59. The van der Waals surface area contributed by atoms with Crippen molar-refractivity contribution in [2.45, 2.75) is 13.8 Å². The molecule has 0 atom stereocenters. The zero-order valence-electron chi connectivity index (χ0n) is 14.5. The molecule has 128 valence electrons. The van der Waals surface area contributed by atoms with Gasteiger partial charge in [-0.25, -0.2) is 4.79 Å². The van der Waals surface area contributed by atoms with Crippen LogP contribution in [0.25, 0.3) is 0 Å². The fourth-order valence-corrected chi connectivity index (χ4v) is 2.39. The van der Waals surface area contributed by atoms with Crippen LogP contribution in [0.15, 0.2) is 30.3 Å². The molecule has 2 aromatic rings. The average molecular weight is 330 g/mol. The highest BCUT2D eigenvalue weighted by atomic mass is 16.5. The monoisotopic (exact) mass is 330 g/mol. The molecule has 2 N–H and O–H groups in total. The molecule has 0 radical (unpaired) electrons. The van der Waals surface area contributed by atoms with E-state index < -0.39 is 0 Å². The number of urea groups is 1. The third kappa shape index (κ3) is 3.90. The van der Waals surface area contributed by atoms with Crippen molar-refractivity contribution in [3.8, 4) is 17.2 Å². The van der Waals surface area contributed by atoms with Crippen LogP contribution in [0.5, 0.6) is 17.2 Å². The predicted octanol–water partition coefficient (Wildman–Crippen LogP) is 3.97. The average Bonchev–Trinajstić information content (AvgIpc) is 2.56. The fraction of sp³-hybridized carbons (Fsp3) is 0.278. The molecule has 0 unspecified atom stereocenters. The maximum atomic E-state index is 12.2. The van der Waals surface area contributed by atoms with Gasteiger partial charge >= 0.3 is 6.03 Å². The van der Waals surface area contributed by atoms with Gasteiger partial charge in [-0.3, -0.25) is 0 Å². The summed E-state index contributed by atoms with van der Waals surface area (Å²) in [5.74, 6) is 1.41. The maximum absolute atomic E-state index is 12.2. The van der Waals surface area contributed by atoms with Crippen LogP contribution in [0.3, 0.4) is 0 Å². The van der Waals surface area contributed by atoms with Gasteiger partial charge in [0.15, 0.2) is 11.5 Å². The van der Waals surface area contributed by atoms with Gasteiger partial charge in [0.2, 0.25) is 5.75 Å². The minimum absolute atomic E-state index is 0.351. The van der Waals surface area contributed by atoms with Crippen LogP contribution in [-0.2, 0) is 0 Å². The van der Waals surface area contributed by atoms with Gasteiger partial charge in [0, 0.05) is 17.8 Å². The van der Waals surface area contributed by atoms with E-state index in [1.165, 1.54) is 21.3 Å². The smallest absolute Gasteiger partial charge is 0.323 e. The van der Waals surface area contributed by atoms with Crippen molar-refractivity contribution >= 4 is 17.4 Å². The van der Waals surface area contributed by atoms with E-state index in [1.54, 1.807) is 12.1 Å². The van der Waals surface area contributed by atoms with Crippen LogP contribution in [0, 0.1) is 13.8 Å². The van der Waals surface area contributed by atoms with E-state index in [0.29, 0.717) is 22.9 Å². The lowest BCUT2D eigenvalue weighted by atomic mass is 10.1. The quantitative estimate of drug-likeness (QED) is 0.870. The molecule has 0 bridgehead atoms. The summed E-state index contributed by atoms with van der Waals surface area (Å²) in [6.07, 6.45) is 0. The standard InChI is InChI=1S/C18H22N2O4/c1-11-6-7-14(12(2)8-11)20-18(21)19-13-9-15(22-3)17(24-5)16(10-13)23-4/h6-10H,1-5H3,(H2,19,20,21). The first-order chi connectivity index (χ1) is 11.5. The van der Waals surface area contributed by atoms with Crippen molar-refractivity contribution < 1.29 is 19.0 Å². The second-order valence-electron chi connectivity index (χ2n) is 5.31. The molecule has 2 rings (SSSR count). The molecule has 0 saturated carbocycles. The van der Waals surface area contributed by atoms with Crippen molar-refractivity contribution in [3.05, 3.63) is 41.5 Å². The van der Waals surface area contributed by atoms with E-state index in [9.17, 15) is 4.79 Å². The number of nitrogens with one attached hydrogen (secondary N) is 2. The predicted molar refractivity (Wildman–Crippen MR) is 94.7 cm³/mol. The van der Waals surface area contributed by atoms with E-state index in [0.717, 1.165) is 16.8 Å². The molecule has 24 heavy (non-hydrogen) atoms. The number of amides is 2. The van der Waals surface area contributed by atoms with Gasteiger partial charge in [-0.2, -0.15) is 0 Å². The number of benzene rings is 2. The summed E-state index contributed by atoms with van der Waals surface area (Å²) in [7, 11) is 4.58. The Morgan fingerprint density at radius 1 is 0.875 bits per heavy atom. The molecule has 6 nitrogen and oxygen atoms in total. The normalized spacial score (nSPS) is 10.0. The van der Waals surface area contributed by atoms with Crippen LogP contribution >= 0.6 is 0 Å². The van der Waals surface area contributed by atoms with E-state index in [4.69, 9.17) is 14.2 Å². The Balaban J connectivity index is 2.19. The van der Waals surface area contributed by atoms with Crippen LogP contribution in [0.2, 0.25) is 0 Å². The molecule has 0 aromatic heterocycles. The highest BCUT2D eigenvalue weighted by molar-refractivity contribution is 6.00. The molecule has 0 aliphatic rings. The molecule has 0 aliphatic carbocycles. The summed E-state index contributed by atoms with van der Waals surface area (Å²) in [4.78, 5) is 12.2. The van der Waals surface area contributed by atoms with Crippen LogP contribution in [0.1, 0.15) is 11.1 Å². The van der Waals surface area contributed by atoms with Crippen molar-refractivity contribution in [3.63, 3.8) is 0 Å². The number of carbonyl (C=O) groups is 1. The van der Waals surface area contributed by atoms with E-state index in [1.807, 2.05) is 32.0 Å². The third-order valence-electron chi connectivity index (χ3n) is 3.55. The molecular formula is C18H22N2O4. The number of methoxy groups -OCH3 is 3. The topological polar surface area (TPSA) is 68.8 Å². The SMILES string of the molecule is COc1cc(NC(=O)Nc2ccc(C)cc2C)cc(OC)c1OC. The highest BCUT2D eigenvalue weighted by Gasteiger charge is 2.14. The summed E-state index contributed by atoms with van der Waals surface area (Å²) in [6, 6.07) is 8.82. The molecule has 6 heteroatoms. The van der Waals surface area contributed by atoms with Crippen molar-refractivity contribution in [1.82, 2.24) is 0 Å². The Morgan fingerprint density at radius 2 is 1.50 bits per heavy atom. The van der Waals surface area contributed by atoms with E-state index >= 15 is 0 Å². The first-order valence-corrected chi connectivity index (χ1v) is 7.43. The number of rotatable bonds is 5. The number of ether oxygens (including phenoxy) is 3. The molecule has 0 aliphatic heterocycles. The Morgan fingerprint density at radius 3 is 2.00 bits per heavy atom. The lowest BCUT2D eigenvalue weighted by Crippen LogP contribution is -2.20. The summed E-state index contributed by atoms with van der Waals surface area (Å²) in [5.41, 5.74) is 3.43. The van der Waals surface area contributed by atoms with Gasteiger partial charge in [-0.15, -0.1) is 0 Å². The Hall–Kier alpha value is -2.89. The number of aryl methyl sites for hydroxylation is 2. The van der Waals surface area contributed by atoms with Crippen molar-refractivity contribution in [2.75, 3.05) is 32.0 Å². The van der Waals surface area contributed by atoms with Gasteiger partial charge in [0.25, 0.3) is 0 Å². The third-order valence-corrected chi connectivity index (χ3v) is 3.55. The Labute approximate surface area is 141 Å². The summed E-state index contributed by atoms with van der Waals surface area (Å²) >= 11 is 0. The summed E-state index contributed by atoms with van der Waals surface area (Å²) in [6.45, 7) is 3.95. The Bertz CT molecular complexity index is 719. The maximum Gasteiger partial charge on any atom is 0.323 e. The minimum atomic E-state index is -0.351. The highest BCUT2D eigenvalue weighted by Crippen LogP contribution is 2.39. The van der Waals surface area contributed by atoms with Crippen LogP contribution in [0.4, 0.5) is 16.2 Å². The lowest BCUT2D eigenvalue weighted by molar-refractivity contribution is 0.262. The zero-order valence-corrected chi connectivity index (χ0v) is 14.5. The molecule has 2 aromatic carbocycles. The van der Waals surface area contributed by atoms with E-state index in [-0.39, 0.29) is 6.03 Å². The van der Waals surface area contributed by atoms with Crippen LogP contribution < -0.4 is 24.8 Å². The first-order valence-electron chi connectivity index (χ1n) is 7.43. The van der Waals surface area contributed by atoms with Gasteiger partial charge in [-0.1, -0.05) is 17.7 Å².